The molecule has 138 valence electrons. The van der Waals surface area contributed by atoms with Gasteiger partial charge in [-0.25, -0.2) is 0 Å². The van der Waals surface area contributed by atoms with Gasteiger partial charge in [0, 0.05) is 23.2 Å². The van der Waals surface area contributed by atoms with Crippen molar-refractivity contribution in [2.24, 2.45) is 0 Å². The largest absolute Gasteiger partial charge is 0.507 e. The van der Waals surface area contributed by atoms with Gasteiger partial charge in [0.2, 0.25) is 5.91 Å². The van der Waals surface area contributed by atoms with E-state index >= 15 is 0 Å². The Morgan fingerprint density at radius 3 is 3.00 bits per heavy atom. The van der Waals surface area contributed by atoms with E-state index in [9.17, 15) is 9.90 Å². The molecule has 7 heteroatoms. The van der Waals surface area contributed by atoms with Gasteiger partial charge in [-0.05, 0) is 36.8 Å². The van der Waals surface area contributed by atoms with Gasteiger partial charge in [-0.2, -0.15) is 0 Å². The Bertz CT molecular complexity index is 1030. The summed E-state index contributed by atoms with van der Waals surface area (Å²) in [6.07, 6.45) is 1.33. The number of aromatic amines is 1. The highest BCUT2D eigenvalue weighted by Gasteiger charge is 2.30. The summed E-state index contributed by atoms with van der Waals surface area (Å²) < 4.78 is 5.60. The Kier molecular flexibility index (Phi) is 4.37. The highest BCUT2D eigenvalue weighted by Crippen LogP contribution is 2.33. The lowest BCUT2D eigenvalue weighted by atomic mass is 10.0. The van der Waals surface area contributed by atoms with Gasteiger partial charge in [0.05, 0.1) is 24.9 Å². The quantitative estimate of drug-likeness (QED) is 0.697. The molecule has 2 N–H and O–H groups in total. The summed E-state index contributed by atoms with van der Waals surface area (Å²) in [7, 11) is 0. The summed E-state index contributed by atoms with van der Waals surface area (Å²) in [6.45, 7) is 7.01. The van der Waals surface area contributed by atoms with Gasteiger partial charge in [0.1, 0.15) is 5.75 Å². The lowest BCUT2D eigenvalue weighted by Gasteiger charge is -2.34. The van der Waals surface area contributed by atoms with Crippen molar-refractivity contribution in [2.45, 2.75) is 13.0 Å². The van der Waals surface area contributed by atoms with Crippen molar-refractivity contribution in [3.63, 3.8) is 0 Å². The molecule has 1 atom stereocenters. The zero-order chi connectivity index (χ0) is 19.0. The number of hydrogen-bond donors (Lipinski definition) is 2. The number of carbonyl (C=O) groups excluding carboxylic acids is 1. The molecule has 7 nitrogen and oxygen atoms in total. The minimum atomic E-state index is -0.230. The zero-order valence-electron chi connectivity index (χ0n) is 15.0. The van der Waals surface area contributed by atoms with Crippen molar-refractivity contribution in [2.75, 3.05) is 19.8 Å². The van der Waals surface area contributed by atoms with Gasteiger partial charge in [-0.3, -0.25) is 4.79 Å². The van der Waals surface area contributed by atoms with E-state index in [1.165, 1.54) is 6.08 Å². The van der Waals surface area contributed by atoms with Crippen molar-refractivity contribution in [1.29, 1.82) is 0 Å². The molecule has 4 rings (SSSR count). The molecule has 1 fully saturated rings. The molecule has 1 saturated heterocycles. The second-order valence-electron chi connectivity index (χ2n) is 6.50. The molecule has 1 unspecified atom stereocenters. The number of amides is 1. The van der Waals surface area contributed by atoms with Gasteiger partial charge in [0.15, 0.2) is 5.65 Å². The standard InChI is InChI=1S/C20H20N4O3/c1-3-18(26)24-8-9-27-11-16(24)19-12(2)14-10-15(22-23-20(14)21-19)13-6-4-5-7-17(13)25/h3-7,10,16,25H,1,8-9,11H2,2H3,(H,21,23). The van der Waals surface area contributed by atoms with Crippen molar-refractivity contribution >= 4 is 16.9 Å². The average Bonchev–Trinajstić information content (AvgIpc) is 3.03. The van der Waals surface area contributed by atoms with Crippen LogP contribution < -0.4 is 0 Å². The average molecular weight is 364 g/mol. The molecule has 1 amide bonds. The molecule has 0 radical (unpaired) electrons. The molecule has 1 aliphatic heterocycles. The molecule has 3 heterocycles. The number of ether oxygens (including phenoxy) is 1. The zero-order valence-corrected chi connectivity index (χ0v) is 15.0. The molecule has 0 aliphatic carbocycles. The second kappa shape index (κ2) is 6.85. The number of benzene rings is 1. The van der Waals surface area contributed by atoms with Gasteiger partial charge in [0.25, 0.3) is 0 Å². The first-order valence-corrected chi connectivity index (χ1v) is 8.75. The summed E-state index contributed by atoms with van der Waals surface area (Å²) in [5.74, 6) is 0.0327. The number of rotatable bonds is 3. The highest BCUT2D eigenvalue weighted by molar-refractivity contribution is 5.88. The molecule has 0 spiro atoms. The maximum atomic E-state index is 12.2. The number of morpholine rings is 1. The predicted molar refractivity (Wildman–Crippen MR) is 101 cm³/mol. The molecule has 0 saturated carbocycles. The number of aryl methyl sites for hydroxylation is 1. The molecule has 0 bridgehead atoms. The number of carbonyl (C=O) groups is 1. The summed E-state index contributed by atoms with van der Waals surface area (Å²) in [5.41, 5.74) is 3.71. The second-order valence-corrected chi connectivity index (χ2v) is 6.50. The van der Waals surface area contributed by atoms with Gasteiger partial charge in [-0.1, -0.05) is 18.7 Å². The third-order valence-electron chi connectivity index (χ3n) is 4.95. The number of nitrogens with zero attached hydrogens (tertiary/aromatic N) is 3. The Balaban J connectivity index is 1.79. The molecule has 3 aromatic rings. The molecule has 1 aromatic carbocycles. The molecule has 27 heavy (non-hydrogen) atoms. The van der Waals surface area contributed by atoms with Crippen molar-refractivity contribution in [1.82, 2.24) is 20.1 Å². The number of phenolic OH excluding ortho intramolecular Hbond substituents is 1. The minimum Gasteiger partial charge on any atom is -0.507 e. The van der Waals surface area contributed by atoms with E-state index in [0.717, 1.165) is 16.6 Å². The van der Waals surface area contributed by atoms with Crippen LogP contribution in [0.15, 0.2) is 43.0 Å². The number of fused-ring (bicyclic) bond motifs is 1. The van der Waals surface area contributed by atoms with E-state index in [2.05, 4.69) is 21.8 Å². The van der Waals surface area contributed by atoms with Crippen LogP contribution in [-0.4, -0.2) is 50.9 Å². The van der Waals surface area contributed by atoms with Crippen molar-refractivity contribution in [3.8, 4) is 17.0 Å². The van der Waals surface area contributed by atoms with Gasteiger partial charge >= 0.3 is 0 Å². The number of nitrogens with one attached hydrogen (secondary N) is 1. The van der Waals surface area contributed by atoms with Crippen LogP contribution in [-0.2, 0) is 9.53 Å². The fraction of sp³-hybridized carbons (Fsp3) is 0.250. The van der Waals surface area contributed by atoms with Crippen LogP contribution in [0.2, 0.25) is 0 Å². The monoisotopic (exact) mass is 364 g/mol. The van der Waals surface area contributed by atoms with Crippen LogP contribution in [0.3, 0.4) is 0 Å². The fourth-order valence-electron chi connectivity index (χ4n) is 3.52. The van der Waals surface area contributed by atoms with Crippen LogP contribution in [0.25, 0.3) is 22.3 Å². The summed E-state index contributed by atoms with van der Waals surface area (Å²) in [4.78, 5) is 17.3. The Hall–Kier alpha value is -3.19. The molecule has 1 aliphatic rings. The first kappa shape index (κ1) is 17.2. The maximum Gasteiger partial charge on any atom is 0.246 e. The van der Waals surface area contributed by atoms with E-state index < -0.39 is 0 Å². The lowest BCUT2D eigenvalue weighted by Crippen LogP contribution is -2.43. The van der Waals surface area contributed by atoms with Gasteiger partial charge < -0.3 is 19.7 Å². The van der Waals surface area contributed by atoms with E-state index in [4.69, 9.17) is 4.74 Å². The molecular formula is C20H20N4O3. The van der Waals surface area contributed by atoms with E-state index in [1.807, 2.05) is 19.1 Å². The maximum absolute atomic E-state index is 12.2. The van der Waals surface area contributed by atoms with Crippen LogP contribution in [0.4, 0.5) is 0 Å². The SMILES string of the molecule is C=CC(=O)N1CCOCC1c1[nH]c2nnc(-c3ccccc3O)cc2c1C. The van der Waals surface area contributed by atoms with Crippen LogP contribution in [0.1, 0.15) is 17.3 Å². The Morgan fingerprint density at radius 1 is 1.41 bits per heavy atom. The number of phenols is 1. The smallest absolute Gasteiger partial charge is 0.246 e. The first-order valence-electron chi connectivity index (χ1n) is 8.75. The third-order valence-corrected chi connectivity index (χ3v) is 4.95. The van der Waals surface area contributed by atoms with Crippen molar-refractivity contribution < 1.29 is 14.6 Å². The van der Waals surface area contributed by atoms with Crippen LogP contribution in [0.5, 0.6) is 5.75 Å². The topological polar surface area (TPSA) is 91.3 Å². The summed E-state index contributed by atoms with van der Waals surface area (Å²) in [6, 6.07) is 8.69. The molecular weight excluding hydrogens is 344 g/mol. The number of aromatic nitrogens is 3. The number of aromatic hydroxyl groups is 1. The predicted octanol–water partition coefficient (Wildman–Crippen LogP) is 2.72. The Labute approximate surface area is 156 Å². The van der Waals surface area contributed by atoms with Crippen LogP contribution in [0, 0.1) is 6.92 Å². The van der Waals surface area contributed by atoms with E-state index in [-0.39, 0.29) is 17.7 Å². The van der Waals surface area contributed by atoms with Crippen LogP contribution >= 0.6 is 0 Å². The van der Waals surface area contributed by atoms with E-state index in [0.29, 0.717) is 36.7 Å². The number of para-hydroxylation sites is 1. The fourth-order valence-corrected chi connectivity index (χ4v) is 3.52. The summed E-state index contributed by atoms with van der Waals surface area (Å²) >= 11 is 0. The summed E-state index contributed by atoms with van der Waals surface area (Å²) in [5, 5.41) is 19.5. The van der Waals surface area contributed by atoms with E-state index in [1.54, 1.807) is 23.1 Å². The number of hydrogen-bond acceptors (Lipinski definition) is 5. The third kappa shape index (κ3) is 2.96. The lowest BCUT2D eigenvalue weighted by molar-refractivity contribution is -0.134. The first-order chi connectivity index (χ1) is 13.1. The van der Waals surface area contributed by atoms with Crippen molar-refractivity contribution in [3.05, 3.63) is 54.2 Å². The highest BCUT2D eigenvalue weighted by atomic mass is 16.5. The Morgan fingerprint density at radius 2 is 2.22 bits per heavy atom. The van der Waals surface area contributed by atoms with Gasteiger partial charge in [-0.15, -0.1) is 10.2 Å². The minimum absolute atomic E-state index is 0.123. The number of H-pyrrole nitrogens is 1. The molecule has 2 aromatic heterocycles. The normalized spacial score (nSPS) is 17.2.